The fourth-order valence-electron chi connectivity index (χ4n) is 2.80. The minimum absolute atomic E-state index is 0.0284. The number of aryl methyl sites for hydroxylation is 2. The van der Waals surface area contributed by atoms with E-state index in [1.165, 1.54) is 18.2 Å². The maximum absolute atomic E-state index is 13.0. The van der Waals surface area contributed by atoms with E-state index in [0.717, 1.165) is 11.3 Å². The van der Waals surface area contributed by atoms with Gasteiger partial charge in [-0.1, -0.05) is 23.4 Å². The van der Waals surface area contributed by atoms with Crippen molar-refractivity contribution in [2.45, 2.75) is 25.7 Å². The molecule has 7 nitrogen and oxygen atoms in total. The molecule has 1 amide bonds. The average molecular weight is 399 g/mol. The third-order valence-corrected chi connectivity index (χ3v) is 5.49. The van der Waals surface area contributed by atoms with Gasteiger partial charge in [0.15, 0.2) is 5.82 Å². The molecule has 0 atom stereocenters. The number of sulfonamides is 1. The van der Waals surface area contributed by atoms with E-state index in [2.05, 4.69) is 9.88 Å². The molecule has 2 aromatic carbocycles. The fraction of sp³-hybridized carbons (Fsp3) is 0.200. The lowest BCUT2D eigenvalue weighted by atomic mass is 10.1. The zero-order valence-electron chi connectivity index (χ0n) is 15.8. The van der Waals surface area contributed by atoms with Crippen molar-refractivity contribution in [1.82, 2.24) is 5.16 Å². The molecule has 0 bridgehead atoms. The van der Waals surface area contributed by atoms with Gasteiger partial charge < -0.3 is 9.42 Å². The van der Waals surface area contributed by atoms with Crippen LogP contribution in [0, 0.1) is 13.8 Å². The molecule has 146 valence electrons. The number of carbonyl (C=O) groups is 1. The summed E-state index contributed by atoms with van der Waals surface area (Å²) in [5, 5.41) is 3.63. The van der Waals surface area contributed by atoms with E-state index >= 15 is 0 Å². The second-order valence-electron chi connectivity index (χ2n) is 6.34. The summed E-state index contributed by atoms with van der Waals surface area (Å²) in [7, 11) is -3.90. The van der Waals surface area contributed by atoms with Crippen molar-refractivity contribution in [3.05, 3.63) is 71.5 Å². The number of amides is 1. The summed E-state index contributed by atoms with van der Waals surface area (Å²) < 4.78 is 32.5. The van der Waals surface area contributed by atoms with Crippen LogP contribution in [0.2, 0.25) is 0 Å². The number of nitrogens with one attached hydrogen (secondary N) is 1. The van der Waals surface area contributed by atoms with Gasteiger partial charge in [-0.05, 0) is 56.7 Å². The Balaban J connectivity index is 1.90. The highest BCUT2D eigenvalue weighted by Gasteiger charge is 2.21. The minimum Gasteiger partial charge on any atom is -0.360 e. The van der Waals surface area contributed by atoms with Gasteiger partial charge in [0.1, 0.15) is 5.76 Å². The molecule has 3 rings (SSSR count). The summed E-state index contributed by atoms with van der Waals surface area (Å²) in [6.07, 6.45) is 0. The summed E-state index contributed by atoms with van der Waals surface area (Å²) in [5.74, 6) is 0.296. The number of hydrogen-bond acceptors (Lipinski definition) is 5. The fourth-order valence-corrected chi connectivity index (χ4v) is 3.83. The van der Waals surface area contributed by atoms with Crippen molar-refractivity contribution in [1.29, 1.82) is 0 Å². The lowest BCUT2D eigenvalue weighted by Gasteiger charge is -2.22. The molecular weight excluding hydrogens is 378 g/mol. The highest BCUT2D eigenvalue weighted by Crippen LogP contribution is 2.21. The maximum atomic E-state index is 13.0. The quantitative estimate of drug-likeness (QED) is 0.681. The highest BCUT2D eigenvalue weighted by molar-refractivity contribution is 7.92. The van der Waals surface area contributed by atoms with Gasteiger partial charge in [-0.25, -0.2) is 8.42 Å². The van der Waals surface area contributed by atoms with Crippen LogP contribution in [0.15, 0.2) is 64.0 Å². The summed E-state index contributed by atoms with van der Waals surface area (Å²) in [6.45, 7) is 5.94. The molecule has 0 saturated carbocycles. The van der Waals surface area contributed by atoms with E-state index in [9.17, 15) is 13.2 Å². The molecule has 8 heteroatoms. The van der Waals surface area contributed by atoms with Crippen molar-refractivity contribution < 1.29 is 17.7 Å². The number of hydrogen-bond donors (Lipinski definition) is 1. The largest absolute Gasteiger partial charge is 0.360 e. The van der Waals surface area contributed by atoms with Gasteiger partial charge in [0.2, 0.25) is 0 Å². The molecule has 1 heterocycles. The van der Waals surface area contributed by atoms with Gasteiger partial charge in [-0.3, -0.25) is 9.52 Å². The van der Waals surface area contributed by atoms with E-state index in [1.807, 2.05) is 38.1 Å². The monoisotopic (exact) mass is 399 g/mol. The standard InChI is InChI=1S/C20H21N3O4S/c1-4-23(17-9-5-7-14(2)11-17)20(24)16-8-6-10-18(13-16)28(25,26)22-19-12-15(3)27-21-19/h5-13H,4H2,1-3H3,(H,21,22). The summed E-state index contributed by atoms with van der Waals surface area (Å²) >= 11 is 0. The maximum Gasteiger partial charge on any atom is 0.263 e. The molecule has 0 aliphatic heterocycles. The molecule has 1 N–H and O–H groups in total. The Labute approximate surface area is 164 Å². The van der Waals surface area contributed by atoms with Crippen molar-refractivity contribution in [3.8, 4) is 0 Å². The third-order valence-electron chi connectivity index (χ3n) is 4.13. The zero-order chi connectivity index (χ0) is 20.3. The van der Waals surface area contributed by atoms with Gasteiger partial charge in [0.25, 0.3) is 15.9 Å². The van der Waals surface area contributed by atoms with Gasteiger partial charge in [0, 0.05) is 23.9 Å². The number of nitrogens with zero attached hydrogens (tertiary/aromatic N) is 2. The number of anilines is 2. The first-order valence-electron chi connectivity index (χ1n) is 8.75. The highest BCUT2D eigenvalue weighted by atomic mass is 32.2. The lowest BCUT2D eigenvalue weighted by Crippen LogP contribution is -2.30. The molecule has 28 heavy (non-hydrogen) atoms. The smallest absolute Gasteiger partial charge is 0.263 e. The number of benzene rings is 2. The lowest BCUT2D eigenvalue weighted by molar-refractivity contribution is 0.0988. The molecule has 0 aliphatic rings. The van der Waals surface area contributed by atoms with Crippen LogP contribution in [0.1, 0.15) is 28.6 Å². The van der Waals surface area contributed by atoms with Crippen LogP contribution in [0.3, 0.4) is 0 Å². The van der Waals surface area contributed by atoms with E-state index in [1.54, 1.807) is 24.0 Å². The Morgan fingerprint density at radius 3 is 2.50 bits per heavy atom. The molecule has 0 spiro atoms. The molecule has 0 aliphatic carbocycles. The van der Waals surface area contributed by atoms with E-state index in [0.29, 0.717) is 12.3 Å². The second-order valence-corrected chi connectivity index (χ2v) is 8.03. The Morgan fingerprint density at radius 2 is 1.86 bits per heavy atom. The first-order valence-corrected chi connectivity index (χ1v) is 10.2. The van der Waals surface area contributed by atoms with E-state index in [4.69, 9.17) is 4.52 Å². The number of aromatic nitrogens is 1. The molecule has 0 fully saturated rings. The van der Waals surface area contributed by atoms with Gasteiger partial charge in [-0.2, -0.15) is 0 Å². The molecule has 0 saturated heterocycles. The molecule has 1 aromatic heterocycles. The van der Waals surface area contributed by atoms with Crippen LogP contribution in [-0.2, 0) is 10.0 Å². The first-order chi connectivity index (χ1) is 13.3. The normalized spacial score (nSPS) is 11.2. The number of rotatable bonds is 6. The summed E-state index contributed by atoms with van der Waals surface area (Å²) in [4.78, 5) is 14.6. The molecule has 0 unspecified atom stereocenters. The Kier molecular flexibility index (Phi) is 5.51. The summed E-state index contributed by atoms with van der Waals surface area (Å²) in [6, 6.07) is 15.0. The van der Waals surface area contributed by atoms with Gasteiger partial charge in [-0.15, -0.1) is 0 Å². The molecule has 0 radical (unpaired) electrons. The summed E-state index contributed by atoms with van der Waals surface area (Å²) in [5.41, 5.74) is 2.08. The van der Waals surface area contributed by atoms with Gasteiger partial charge >= 0.3 is 0 Å². The minimum atomic E-state index is -3.90. The third kappa shape index (κ3) is 4.23. The van der Waals surface area contributed by atoms with Crippen molar-refractivity contribution in [2.75, 3.05) is 16.2 Å². The van der Waals surface area contributed by atoms with Crippen LogP contribution in [0.25, 0.3) is 0 Å². The van der Waals surface area contributed by atoms with Crippen LogP contribution < -0.4 is 9.62 Å². The topological polar surface area (TPSA) is 92.5 Å². The first kappa shape index (κ1) is 19.6. The Morgan fingerprint density at radius 1 is 1.11 bits per heavy atom. The SMILES string of the molecule is CCN(C(=O)c1cccc(S(=O)(=O)Nc2cc(C)on2)c1)c1cccc(C)c1. The predicted molar refractivity (Wildman–Crippen MR) is 107 cm³/mol. The van der Waals surface area contributed by atoms with Crippen molar-refractivity contribution >= 4 is 27.4 Å². The molecular formula is C20H21N3O4S. The predicted octanol–water partition coefficient (Wildman–Crippen LogP) is 3.76. The van der Waals surface area contributed by atoms with Crippen LogP contribution in [0.4, 0.5) is 11.5 Å². The average Bonchev–Trinajstić information content (AvgIpc) is 3.06. The number of carbonyl (C=O) groups excluding carboxylic acids is 1. The molecule has 3 aromatic rings. The van der Waals surface area contributed by atoms with E-state index < -0.39 is 10.0 Å². The van der Waals surface area contributed by atoms with Crippen LogP contribution in [0.5, 0.6) is 0 Å². The second kappa shape index (κ2) is 7.85. The Bertz CT molecular complexity index is 1110. The van der Waals surface area contributed by atoms with Gasteiger partial charge in [0.05, 0.1) is 4.90 Å². The zero-order valence-corrected chi connectivity index (χ0v) is 16.7. The van der Waals surface area contributed by atoms with Crippen molar-refractivity contribution in [2.24, 2.45) is 0 Å². The van der Waals surface area contributed by atoms with Crippen LogP contribution in [-0.4, -0.2) is 26.0 Å². The van der Waals surface area contributed by atoms with E-state index in [-0.39, 0.29) is 22.2 Å². The Hall–Kier alpha value is -3.13. The van der Waals surface area contributed by atoms with Crippen LogP contribution >= 0.6 is 0 Å². The van der Waals surface area contributed by atoms with Crippen molar-refractivity contribution in [3.63, 3.8) is 0 Å².